The van der Waals surface area contributed by atoms with Gasteiger partial charge in [0.15, 0.2) is 0 Å². The summed E-state index contributed by atoms with van der Waals surface area (Å²) in [7, 11) is 0. The third-order valence-electron chi connectivity index (χ3n) is 3.19. The average Bonchev–Trinajstić information content (AvgIpc) is 2.88. The first-order valence-corrected chi connectivity index (χ1v) is 6.64. The second kappa shape index (κ2) is 5.02. The van der Waals surface area contributed by atoms with Crippen LogP contribution in [-0.4, -0.2) is 28.8 Å². The number of nitrogens with one attached hydrogen (secondary N) is 1. The molecule has 5 nitrogen and oxygen atoms in total. The second-order valence-corrected chi connectivity index (χ2v) is 7.33. The van der Waals surface area contributed by atoms with E-state index in [0.717, 1.165) is 0 Å². The molecule has 1 rings (SSSR count). The number of ether oxygens (including phenoxy) is 1. The molecule has 0 aliphatic heterocycles. The molecule has 1 fully saturated rings. The molecule has 0 aromatic heterocycles. The molecule has 1 saturated carbocycles. The van der Waals surface area contributed by atoms with Crippen molar-refractivity contribution >= 4 is 12.1 Å². The summed E-state index contributed by atoms with van der Waals surface area (Å²) in [4.78, 5) is 22.8. The van der Waals surface area contributed by atoms with Gasteiger partial charge in [-0.2, -0.15) is 0 Å². The zero-order chi connectivity index (χ0) is 15.0. The normalized spacial score (nSPS) is 24.5. The molecule has 2 N–H and O–H groups in total. The van der Waals surface area contributed by atoms with Gasteiger partial charge in [-0.15, -0.1) is 0 Å². The molecular weight excluding hydrogens is 246 g/mol. The molecule has 0 saturated heterocycles. The van der Waals surface area contributed by atoms with Crippen molar-refractivity contribution in [2.45, 2.75) is 59.6 Å². The molecule has 19 heavy (non-hydrogen) atoms. The van der Waals surface area contributed by atoms with Crippen LogP contribution in [0.4, 0.5) is 4.79 Å². The minimum Gasteiger partial charge on any atom is -0.481 e. The Morgan fingerprint density at radius 1 is 1.21 bits per heavy atom. The SMILES string of the molecule is CC(C)(C)OC(=O)NC(C1CC1C(=O)O)C(C)(C)C. The lowest BCUT2D eigenvalue weighted by atomic mass is 9.83. The smallest absolute Gasteiger partial charge is 0.407 e. The van der Waals surface area contributed by atoms with Gasteiger partial charge in [-0.3, -0.25) is 4.79 Å². The molecule has 0 aromatic carbocycles. The maximum atomic E-state index is 11.8. The molecule has 1 amide bonds. The Balaban J connectivity index is 2.68. The van der Waals surface area contributed by atoms with E-state index in [9.17, 15) is 9.59 Å². The standard InChI is InChI=1S/C14H25NO4/c1-13(2,3)10(8-7-9(8)11(16)17)15-12(18)19-14(4,5)6/h8-10H,7H2,1-6H3,(H,15,18)(H,16,17). The van der Waals surface area contributed by atoms with Crippen LogP contribution in [0.3, 0.4) is 0 Å². The third kappa shape index (κ3) is 4.73. The number of hydrogen-bond acceptors (Lipinski definition) is 3. The number of carbonyl (C=O) groups excluding carboxylic acids is 1. The van der Waals surface area contributed by atoms with Gasteiger partial charge < -0.3 is 15.2 Å². The van der Waals surface area contributed by atoms with Crippen molar-refractivity contribution in [3.8, 4) is 0 Å². The van der Waals surface area contributed by atoms with E-state index in [1.807, 2.05) is 20.8 Å². The molecule has 0 radical (unpaired) electrons. The van der Waals surface area contributed by atoms with Crippen molar-refractivity contribution < 1.29 is 19.4 Å². The largest absolute Gasteiger partial charge is 0.481 e. The number of alkyl carbamates (subject to hydrolysis) is 1. The molecule has 1 aliphatic rings. The van der Waals surface area contributed by atoms with Crippen LogP contribution in [0.15, 0.2) is 0 Å². The summed E-state index contributed by atoms with van der Waals surface area (Å²) in [5, 5.41) is 11.9. The third-order valence-corrected chi connectivity index (χ3v) is 3.19. The summed E-state index contributed by atoms with van der Waals surface area (Å²) in [6.07, 6.45) is 0.135. The van der Waals surface area contributed by atoms with Gasteiger partial charge in [-0.25, -0.2) is 4.79 Å². The summed E-state index contributed by atoms with van der Waals surface area (Å²) < 4.78 is 5.24. The Bertz CT molecular complexity index is 365. The van der Waals surface area contributed by atoms with E-state index in [2.05, 4.69) is 5.32 Å². The topological polar surface area (TPSA) is 75.6 Å². The van der Waals surface area contributed by atoms with Crippen LogP contribution in [0.5, 0.6) is 0 Å². The van der Waals surface area contributed by atoms with Crippen LogP contribution in [0.2, 0.25) is 0 Å². The van der Waals surface area contributed by atoms with Gasteiger partial charge in [0.05, 0.1) is 5.92 Å². The van der Waals surface area contributed by atoms with Crippen molar-refractivity contribution in [2.75, 3.05) is 0 Å². The monoisotopic (exact) mass is 271 g/mol. The minimum absolute atomic E-state index is 0.00924. The van der Waals surface area contributed by atoms with Crippen molar-refractivity contribution in [3.63, 3.8) is 0 Å². The van der Waals surface area contributed by atoms with Gasteiger partial charge in [0.2, 0.25) is 0 Å². The number of carbonyl (C=O) groups is 2. The molecule has 3 unspecified atom stereocenters. The highest BCUT2D eigenvalue weighted by molar-refractivity contribution is 5.74. The van der Waals surface area contributed by atoms with Crippen molar-refractivity contribution in [1.29, 1.82) is 0 Å². The fourth-order valence-corrected chi connectivity index (χ4v) is 2.27. The number of carboxylic acids is 1. The number of carboxylic acid groups (broad SMARTS) is 1. The summed E-state index contributed by atoms with van der Waals surface area (Å²) >= 11 is 0. The van der Waals surface area contributed by atoms with E-state index in [1.165, 1.54) is 0 Å². The lowest BCUT2D eigenvalue weighted by Gasteiger charge is -2.32. The van der Waals surface area contributed by atoms with Crippen molar-refractivity contribution in [2.24, 2.45) is 17.3 Å². The van der Waals surface area contributed by atoms with Crippen LogP contribution in [0.25, 0.3) is 0 Å². The minimum atomic E-state index is -0.787. The van der Waals surface area contributed by atoms with Gasteiger partial charge in [0.1, 0.15) is 5.60 Å². The van der Waals surface area contributed by atoms with Gasteiger partial charge >= 0.3 is 12.1 Å². The zero-order valence-corrected chi connectivity index (χ0v) is 12.6. The van der Waals surface area contributed by atoms with Crippen LogP contribution in [0.1, 0.15) is 48.0 Å². The summed E-state index contributed by atoms with van der Waals surface area (Å²) in [6, 6.07) is -0.191. The van der Waals surface area contributed by atoms with Crippen LogP contribution in [-0.2, 0) is 9.53 Å². The fraction of sp³-hybridized carbons (Fsp3) is 0.857. The Hall–Kier alpha value is -1.26. The van der Waals surface area contributed by atoms with Crippen molar-refractivity contribution in [3.05, 3.63) is 0 Å². The number of rotatable bonds is 3. The molecule has 3 atom stereocenters. The first-order chi connectivity index (χ1) is 8.42. The van der Waals surface area contributed by atoms with E-state index < -0.39 is 17.7 Å². The van der Waals surface area contributed by atoms with Crippen LogP contribution in [0, 0.1) is 17.3 Å². The zero-order valence-electron chi connectivity index (χ0n) is 12.6. The molecular formula is C14H25NO4. The molecule has 0 heterocycles. The molecule has 0 bridgehead atoms. The predicted octanol–water partition coefficient (Wildman–Crippen LogP) is 2.65. The first-order valence-electron chi connectivity index (χ1n) is 6.64. The maximum absolute atomic E-state index is 11.8. The van der Waals surface area contributed by atoms with E-state index >= 15 is 0 Å². The van der Waals surface area contributed by atoms with E-state index in [-0.39, 0.29) is 23.3 Å². The second-order valence-electron chi connectivity index (χ2n) is 7.33. The summed E-state index contributed by atoms with van der Waals surface area (Å²) in [5.74, 6) is -1.14. The van der Waals surface area contributed by atoms with Gasteiger partial charge in [-0.1, -0.05) is 20.8 Å². The molecule has 110 valence electrons. The van der Waals surface area contributed by atoms with E-state index in [0.29, 0.717) is 6.42 Å². The fourth-order valence-electron chi connectivity index (χ4n) is 2.27. The molecule has 5 heteroatoms. The Kier molecular flexibility index (Phi) is 4.17. The first kappa shape index (κ1) is 15.8. The number of amides is 1. The molecule has 1 aliphatic carbocycles. The highest BCUT2D eigenvalue weighted by atomic mass is 16.6. The Morgan fingerprint density at radius 3 is 2.05 bits per heavy atom. The quantitative estimate of drug-likeness (QED) is 0.827. The Morgan fingerprint density at radius 2 is 1.74 bits per heavy atom. The van der Waals surface area contributed by atoms with Crippen LogP contribution < -0.4 is 5.32 Å². The average molecular weight is 271 g/mol. The number of hydrogen-bond donors (Lipinski definition) is 2. The highest BCUT2D eigenvalue weighted by Crippen LogP contribution is 2.46. The van der Waals surface area contributed by atoms with Gasteiger partial charge in [0, 0.05) is 6.04 Å². The lowest BCUT2D eigenvalue weighted by Crippen LogP contribution is -2.47. The molecule has 0 spiro atoms. The van der Waals surface area contributed by atoms with Gasteiger partial charge in [0.25, 0.3) is 0 Å². The lowest BCUT2D eigenvalue weighted by molar-refractivity contribution is -0.139. The Labute approximate surface area is 114 Å². The summed E-state index contributed by atoms with van der Waals surface area (Å²) in [5.41, 5.74) is -0.756. The number of aliphatic carboxylic acids is 1. The van der Waals surface area contributed by atoms with Crippen LogP contribution >= 0.6 is 0 Å². The van der Waals surface area contributed by atoms with Gasteiger partial charge in [-0.05, 0) is 38.5 Å². The van der Waals surface area contributed by atoms with E-state index in [1.54, 1.807) is 20.8 Å². The predicted molar refractivity (Wildman–Crippen MR) is 71.8 cm³/mol. The van der Waals surface area contributed by atoms with Crippen molar-refractivity contribution in [1.82, 2.24) is 5.32 Å². The van der Waals surface area contributed by atoms with E-state index in [4.69, 9.17) is 9.84 Å². The summed E-state index contributed by atoms with van der Waals surface area (Å²) in [6.45, 7) is 11.4. The maximum Gasteiger partial charge on any atom is 0.407 e. The molecule has 0 aromatic rings. The highest BCUT2D eigenvalue weighted by Gasteiger charge is 2.52.